The van der Waals surface area contributed by atoms with Crippen molar-refractivity contribution in [3.8, 4) is 5.75 Å². The van der Waals surface area contributed by atoms with Crippen LogP contribution in [0.5, 0.6) is 5.75 Å². The van der Waals surface area contributed by atoms with Gasteiger partial charge in [0.2, 0.25) is 0 Å². The van der Waals surface area contributed by atoms with Gasteiger partial charge in [0.25, 0.3) is 3.68 Å². The fraction of sp³-hybridized carbons (Fsp3) is 0.417. The van der Waals surface area contributed by atoms with E-state index >= 15 is 0 Å². The number of hydrogen-bond acceptors (Lipinski definition) is 2. The molecule has 1 aromatic carbocycles. The summed E-state index contributed by atoms with van der Waals surface area (Å²) in [5, 5.41) is 0. The second kappa shape index (κ2) is 6.18. The zero-order valence-electron chi connectivity index (χ0n) is 9.08. The lowest BCUT2D eigenvalue weighted by atomic mass is 10.2. The lowest BCUT2D eigenvalue weighted by molar-refractivity contribution is -0.141. The number of carbonyl (C=O) groups excluding carboxylic acids is 1. The smallest absolute Gasteiger partial charge is 0.359 e. The molecule has 0 bridgehead atoms. The molecule has 0 aliphatic carbocycles. The number of hydrogen-bond donors (Lipinski definition) is 0. The molecule has 0 spiro atoms. The van der Waals surface area contributed by atoms with Gasteiger partial charge in [-0.25, -0.2) is 9.18 Å². The molecule has 2 nitrogen and oxygen atoms in total. The van der Waals surface area contributed by atoms with Crippen LogP contribution < -0.4 is 4.74 Å². The minimum Gasteiger partial charge on any atom is -0.424 e. The fourth-order valence-corrected chi connectivity index (χ4v) is 1.66. The Hall–Kier alpha value is -0.650. The minimum absolute atomic E-state index is 0.190. The van der Waals surface area contributed by atoms with E-state index in [2.05, 4.69) is 0 Å². The molecule has 0 aliphatic heterocycles. The maximum absolute atomic E-state index is 13.9. The highest BCUT2D eigenvalue weighted by atomic mass is 127. The summed E-state index contributed by atoms with van der Waals surface area (Å²) in [7, 11) is 0. The van der Waals surface area contributed by atoms with Crippen LogP contribution in [0.4, 0.5) is 4.39 Å². The van der Waals surface area contributed by atoms with Crippen LogP contribution in [0.15, 0.2) is 30.3 Å². The molecule has 0 N–H and O–H groups in total. The van der Waals surface area contributed by atoms with E-state index in [9.17, 15) is 9.18 Å². The summed E-state index contributed by atoms with van der Waals surface area (Å²) in [4.78, 5) is 11.5. The molecule has 0 aliphatic rings. The van der Waals surface area contributed by atoms with Crippen molar-refractivity contribution in [1.82, 2.24) is 0 Å². The number of benzene rings is 1. The molecule has 0 aromatic heterocycles. The third-order valence-electron chi connectivity index (χ3n) is 2.10. The fourth-order valence-electron chi connectivity index (χ4n) is 1.17. The molecular weight excluding hydrogens is 322 g/mol. The molecule has 1 unspecified atom stereocenters. The van der Waals surface area contributed by atoms with Crippen molar-refractivity contribution in [2.75, 3.05) is 0 Å². The van der Waals surface area contributed by atoms with E-state index < -0.39 is 9.64 Å². The average molecular weight is 336 g/mol. The van der Waals surface area contributed by atoms with Gasteiger partial charge in [0.15, 0.2) is 0 Å². The SMILES string of the molecule is CCCCC(F)(I)C(=O)Oc1ccccc1. The first-order chi connectivity index (χ1) is 7.56. The van der Waals surface area contributed by atoms with Gasteiger partial charge in [-0.2, -0.15) is 0 Å². The van der Waals surface area contributed by atoms with Crippen LogP contribution in [-0.2, 0) is 4.79 Å². The van der Waals surface area contributed by atoms with Crippen molar-refractivity contribution >= 4 is 28.6 Å². The summed E-state index contributed by atoms with van der Waals surface area (Å²) < 4.78 is 16.9. The molecule has 0 saturated heterocycles. The number of unbranched alkanes of at least 4 members (excludes halogenated alkanes) is 1. The molecule has 1 atom stereocenters. The molecule has 88 valence electrons. The van der Waals surface area contributed by atoms with E-state index in [-0.39, 0.29) is 6.42 Å². The van der Waals surface area contributed by atoms with Gasteiger partial charge in [-0.1, -0.05) is 31.5 Å². The summed E-state index contributed by atoms with van der Waals surface area (Å²) in [5.41, 5.74) is 0. The van der Waals surface area contributed by atoms with Crippen LogP contribution in [0.1, 0.15) is 26.2 Å². The summed E-state index contributed by atoms with van der Waals surface area (Å²) in [5.74, 6) is -0.449. The van der Waals surface area contributed by atoms with Gasteiger partial charge in [0, 0.05) is 6.42 Å². The minimum atomic E-state index is -1.93. The number of ether oxygens (including phenoxy) is 1. The molecular formula is C12H14FIO2. The van der Waals surface area contributed by atoms with Crippen molar-refractivity contribution in [2.24, 2.45) is 0 Å². The van der Waals surface area contributed by atoms with Crippen molar-refractivity contribution in [3.63, 3.8) is 0 Å². The molecule has 0 fully saturated rings. The van der Waals surface area contributed by atoms with E-state index in [1.807, 2.05) is 6.92 Å². The molecule has 0 saturated carbocycles. The molecule has 0 heterocycles. The Kier molecular flexibility index (Phi) is 5.18. The summed E-state index contributed by atoms with van der Waals surface area (Å²) >= 11 is 1.51. The molecule has 0 radical (unpaired) electrons. The zero-order chi connectivity index (χ0) is 12.0. The van der Waals surface area contributed by atoms with Crippen molar-refractivity contribution in [2.45, 2.75) is 29.9 Å². The normalized spacial score (nSPS) is 14.2. The Labute approximate surface area is 108 Å². The predicted molar refractivity (Wildman–Crippen MR) is 69.5 cm³/mol. The van der Waals surface area contributed by atoms with Crippen LogP contribution in [0.25, 0.3) is 0 Å². The van der Waals surface area contributed by atoms with E-state index in [1.54, 1.807) is 30.3 Å². The van der Waals surface area contributed by atoms with Crippen LogP contribution in [0.2, 0.25) is 0 Å². The van der Waals surface area contributed by atoms with Gasteiger partial charge in [-0.15, -0.1) is 0 Å². The topological polar surface area (TPSA) is 26.3 Å². The van der Waals surface area contributed by atoms with E-state index in [0.717, 1.165) is 6.42 Å². The summed E-state index contributed by atoms with van der Waals surface area (Å²) in [6.45, 7) is 1.95. The number of alkyl halides is 2. The van der Waals surface area contributed by atoms with E-state index in [0.29, 0.717) is 12.2 Å². The Balaban J connectivity index is 2.58. The highest BCUT2D eigenvalue weighted by Crippen LogP contribution is 2.29. The van der Waals surface area contributed by atoms with E-state index in [4.69, 9.17) is 4.74 Å². The zero-order valence-corrected chi connectivity index (χ0v) is 11.2. The first kappa shape index (κ1) is 13.4. The predicted octanol–water partition coefficient (Wildman–Crippen LogP) is 3.88. The first-order valence-corrected chi connectivity index (χ1v) is 6.29. The number of para-hydroxylation sites is 1. The average Bonchev–Trinajstić information content (AvgIpc) is 2.28. The van der Waals surface area contributed by atoms with E-state index in [1.165, 1.54) is 22.6 Å². The third kappa shape index (κ3) is 4.08. The third-order valence-corrected chi connectivity index (χ3v) is 3.08. The van der Waals surface area contributed by atoms with Gasteiger partial charge in [-0.05, 0) is 41.1 Å². The Morgan fingerprint density at radius 3 is 2.62 bits per heavy atom. The first-order valence-electron chi connectivity index (χ1n) is 5.21. The molecule has 1 rings (SSSR count). The maximum atomic E-state index is 13.9. The van der Waals surface area contributed by atoms with Crippen LogP contribution >= 0.6 is 22.6 Å². The monoisotopic (exact) mass is 336 g/mol. The Morgan fingerprint density at radius 2 is 2.06 bits per heavy atom. The number of halogens is 2. The second-order valence-electron chi connectivity index (χ2n) is 3.51. The Bertz CT molecular complexity index is 338. The molecule has 4 heteroatoms. The number of esters is 1. The summed E-state index contributed by atoms with van der Waals surface area (Å²) in [6, 6.07) is 8.54. The lowest BCUT2D eigenvalue weighted by Gasteiger charge is -2.16. The maximum Gasteiger partial charge on any atom is 0.359 e. The van der Waals surface area contributed by atoms with Crippen molar-refractivity contribution in [3.05, 3.63) is 30.3 Å². The number of carbonyl (C=O) groups is 1. The van der Waals surface area contributed by atoms with Gasteiger partial charge >= 0.3 is 5.97 Å². The highest BCUT2D eigenvalue weighted by molar-refractivity contribution is 14.1. The van der Waals surface area contributed by atoms with Gasteiger partial charge < -0.3 is 4.74 Å². The highest BCUT2D eigenvalue weighted by Gasteiger charge is 2.36. The van der Waals surface area contributed by atoms with Gasteiger partial charge in [0.1, 0.15) is 5.75 Å². The van der Waals surface area contributed by atoms with Gasteiger partial charge in [-0.3, -0.25) is 0 Å². The quantitative estimate of drug-likeness (QED) is 0.353. The largest absolute Gasteiger partial charge is 0.424 e. The summed E-state index contributed by atoms with van der Waals surface area (Å²) in [6.07, 6.45) is 1.71. The van der Waals surface area contributed by atoms with Crippen LogP contribution in [0, 0.1) is 0 Å². The molecule has 1 aromatic rings. The van der Waals surface area contributed by atoms with Crippen molar-refractivity contribution in [1.29, 1.82) is 0 Å². The Morgan fingerprint density at radius 1 is 1.44 bits per heavy atom. The molecule has 0 amide bonds. The van der Waals surface area contributed by atoms with Crippen LogP contribution in [-0.4, -0.2) is 9.64 Å². The van der Waals surface area contributed by atoms with Crippen molar-refractivity contribution < 1.29 is 13.9 Å². The molecule has 16 heavy (non-hydrogen) atoms. The second-order valence-corrected chi connectivity index (χ2v) is 5.22. The van der Waals surface area contributed by atoms with Gasteiger partial charge in [0.05, 0.1) is 0 Å². The van der Waals surface area contributed by atoms with Crippen LogP contribution in [0.3, 0.4) is 0 Å². The lowest BCUT2D eigenvalue weighted by Crippen LogP contribution is -2.31. The number of rotatable bonds is 5. The standard InChI is InChI=1S/C12H14FIO2/c1-2-3-9-12(13,14)11(15)16-10-7-5-4-6-8-10/h4-8H,2-3,9H2,1H3.